The lowest BCUT2D eigenvalue weighted by atomic mass is 10.1. The molecule has 1 aliphatic rings. The second-order valence-electron chi connectivity index (χ2n) is 3.79. The van der Waals surface area contributed by atoms with Crippen molar-refractivity contribution in [3.05, 3.63) is 33.9 Å². The van der Waals surface area contributed by atoms with E-state index in [4.69, 9.17) is 0 Å². The molecule has 6 nitrogen and oxygen atoms in total. The largest absolute Gasteiger partial charge is 0.465 e. The number of ether oxygens (including phenoxy) is 1. The van der Waals surface area contributed by atoms with E-state index < -0.39 is 10.9 Å². The predicted molar refractivity (Wildman–Crippen MR) is 61.3 cm³/mol. The first-order valence-electron chi connectivity index (χ1n) is 5.25. The van der Waals surface area contributed by atoms with E-state index in [1.807, 2.05) is 4.90 Å². The van der Waals surface area contributed by atoms with Crippen LogP contribution in [0.4, 0.5) is 11.4 Å². The van der Waals surface area contributed by atoms with E-state index >= 15 is 0 Å². The zero-order chi connectivity index (χ0) is 12.4. The Morgan fingerprint density at radius 1 is 1.47 bits per heavy atom. The van der Waals surface area contributed by atoms with Gasteiger partial charge in [-0.1, -0.05) is 0 Å². The quantitative estimate of drug-likeness (QED) is 0.452. The van der Waals surface area contributed by atoms with Crippen LogP contribution in [0.5, 0.6) is 0 Å². The van der Waals surface area contributed by atoms with Gasteiger partial charge in [0.25, 0.3) is 5.69 Å². The fraction of sp³-hybridized carbons (Fsp3) is 0.364. The second kappa shape index (κ2) is 4.40. The van der Waals surface area contributed by atoms with Gasteiger partial charge in [0.2, 0.25) is 0 Å². The Morgan fingerprint density at radius 3 is 2.65 bits per heavy atom. The molecule has 0 amide bonds. The number of nitro groups is 1. The number of hydrogen-bond acceptors (Lipinski definition) is 5. The molecular formula is C11H12N2O4. The van der Waals surface area contributed by atoms with Crippen LogP contribution in [0.15, 0.2) is 18.2 Å². The predicted octanol–water partition coefficient (Wildman–Crippen LogP) is 1.59. The van der Waals surface area contributed by atoms with E-state index in [2.05, 4.69) is 4.74 Å². The zero-order valence-corrected chi connectivity index (χ0v) is 9.38. The number of methoxy groups -OCH3 is 1. The van der Waals surface area contributed by atoms with Crippen LogP contribution in [0.2, 0.25) is 0 Å². The van der Waals surface area contributed by atoms with Gasteiger partial charge >= 0.3 is 5.97 Å². The number of esters is 1. The Hall–Kier alpha value is -2.11. The molecule has 1 saturated heterocycles. The smallest absolute Gasteiger partial charge is 0.340 e. The van der Waals surface area contributed by atoms with Crippen molar-refractivity contribution < 1.29 is 14.5 Å². The Morgan fingerprint density at radius 2 is 2.18 bits per heavy atom. The normalized spacial score (nSPS) is 14.1. The Bertz CT molecular complexity index is 469. The van der Waals surface area contributed by atoms with Gasteiger partial charge in [-0.15, -0.1) is 0 Å². The van der Waals surface area contributed by atoms with E-state index in [9.17, 15) is 14.9 Å². The number of anilines is 1. The summed E-state index contributed by atoms with van der Waals surface area (Å²) in [5.41, 5.74) is 0.852. The van der Waals surface area contributed by atoms with Crippen molar-refractivity contribution in [1.82, 2.24) is 0 Å². The van der Waals surface area contributed by atoms with E-state index in [0.717, 1.165) is 19.5 Å². The van der Waals surface area contributed by atoms with E-state index in [-0.39, 0.29) is 11.3 Å². The summed E-state index contributed by atoms with van der Waals surface area (Å²) in [6.07, 6.45) is 1.07. The van der Waals surface area contributed by atoms with E-state index in [0.29, 0.717) is 5.69 Å². The van der Waals surface area contributed by atoms with Crippen LogP contribution >= 0.6 is 0 Å². The van der Waals surface area contributed by atoms with Crippen LogP contribution in [0.1, 0.15) is 16.8 Å². The van der Waals surface area contributed by atoms with Crippen molar-refractivity contribution in [2.24, 2.45) is 0 Å². The molecule has 0 unspecified atom stereocenters. The minimum Gasteiger partial charge on any atom is -0.465 e. The number of nitro benzene ring substituents is 1. The minimum absolute atomic E-state index is 0.102. The summed E-state index contributed by atoms with van der Waals surface area (Å²) >= 11 is 0. The highest BCUT2D eigenvalue weighted by atomic mass is 16.6. The number of nitrogens with zero attached hydrogens (tertiary/aromatic N) is 2. The van der Waals surface area contributed by atoms with Crippen molar-refractivity contribution in [2.45, 2.75) is 6.42 Å². The first kappa shape index (κ1) is 11.4. The average Bonchev–Trinajstić information content (AvgIpc) is 2.26. The van der Waals surface area contributed by atoms with Crippen molar-refractivity contribution >= 4 is 17.3 Å². The third-order valence-electron chi connectivity index (χ3n) is 2.79. The molecular weight excluding hydrogens is 224 g/mol. The molecule has 17 heavy (non-hydrogen) atoms. The summed E-state index contributed by atoms with van der Waals surface area (Å²) in [6, 6.07) is 4.27. The van der Waals surface area contributed by atoms with Crippen molar-refractivity contribution in [1.29, 1.82) is 0 Å². The number of carbonyl (C=O) groups is 1. The van der Waals surface area contributed by atoms with Gasteiger partial charge in [0, 0.05) is 25.2 Å². The van der Waals surface area contributed by atoms with Crippen LogP contribution in [0.25, 0.3) is 0 Å². The molecule has 90 valence electrons. The first-order valence-corrected chi connectivity index (χ1v) is 5.25. The number of benzene rings is 1. The van der Waals surface area contributed by atoms with Gasteiger partial charge in [0.15, 0.2) is 0 Å². The number of carbonyl (C=O) groups excluding carboxylic acids is 1. The van der Waals surface area contributed by atoms with E-state index in [1.54, 1.807) is 6.07 Å². The minimum atomic E-state index is -0.546. The SMILES string of the molecule is COC(=O)c1cc([N+](=O)[O-])ccc1N1CCC1. The summed E-state index contributed by atoms with van der Waals surface area (Å²) < 4.78 is 4.64. The molecule has 1 heterocycles. The number of hydrogen-bond donors (Lipinski definition) is 0. The molecule has 1 fully saturated rings. The molecule has 0 saturated carbocycles. The van der Waals surface area contributed by atoms with Crippen LogP contribution in [-0.4, -0.2) is 31.1 Å². The Balaban J connectivity index is 2.43. The van der Waals surface area contributed by atoms with Gasteiger partial charge < -0.3 is 9.64 Å². The summed E-state index contributed by atoms with van der Waals surface area (Å²) in [7, 11) is 1.26. The Kier molecular flexibility index (Phi) is 2.95. The number of rotatable bonds is 3. The van der Waals surface area contributed by atoms with Gasteiger partial charge in [-0.25, -0.2) is 4.79 Å². The molecule has 2 rings (SSSR count). The lowest BCUT2D eigenvalue weighted by Crippen LogP contribution is -2.38. The van der Waals surface area contributed by atoms with E-state index in [1.165, 1.54) is 19.2 Å². The maximum absolute atomic E-state index is 11.6. The fourth-order valence-corrected chi connectivity index (χ4v) is 1.74. The number of non-ortho nitro benzene ring substituents is 1. The molecule has 0 aliphatic carbocycles. The highest BCUT2D eigenvalue weighted by Gasteiger charge is 2.23. The zero-order valence-electron chi connectivity index (χ0n) is 9.38. The lowest BCUT2D eigenvalue weighted by Gasteiger charge is -2.34. The van der Waals surface area contributed by atoms with Gasteiger partial charge in [-0.3, -0.25) is 10.1 Å². The molecule has 1 aromatic rings. The van der Waals surface area contributed by atoms with Crippen LogP contribution in [-0.2, 0) is 4.74 Å². The summed E-state index contributed by atoms with van der Waals surface area (Å²) in [5.74, 6) is -0.546. The molecule has 0 spiro atoms. The third-order valence-corrected chi connectivity index (χ3v) is 2.79. The van der Waals surface area contributed by atoms with Crippen molar-refractivity contribution in [2.75, 3.05) is 25.1 Å². The van der Waals surface area contributed by atoms with Crippen LogP contribution in [0.3, 0.4) is 0 Å². The highest BCUT2D eigenvalue weighted by molar-refractivity contribution is 5.96. The molecule has 0 bridgehead atoms. The molecule has 0 radical (unpaired) electrons. The Labute approximate surface area is 97.9 Å². The topological polar surface area (TPSA) is 72.7 Å². The summed E-state index contributed by atoms with van der Waals surface area (Å²) in [4.78, 5) is 23.7. The molecule has 6 heteroatoms. The maximum atomic E-state index is 11.6. The fourth-order valence-electron chi connectivity index (χ4n) is 1.74. The molecule has 1 aliphatic heterocycles. The monoisotopic (exact) mass is 236 g/mol. The first-order chi connectivity index (χ1) is 8.13. The average molecular weight is 236 g/mol. The standard InChI is InChI=1S/C11H12N2O4/c1-17-11(14)9-7-8(13(15)16)3-4-10(9)12-5-2-6-12/h3-4,7H,2,5-6H2,1H3. The summed E-state index contributed by atoms with van der Waals surface area (Å²) in [6.45, 7) is 1.73. The highest BCUT2D eigenvalue weighted by Crippen LogP contribution is 2.29. The molecule has 0 aromatic heterocycles. The van der Waals surface area contributed by atoms with Crippen LogP contribution in [0, 0.1) is 10.1 Å². The van der Waals surface area contributed by atoms with Gasteiger partial charge in [0.1, 0.15) is 0 Å². The maximum Gasteiger partial charge on any atom is 0.340 e. The van der Waals surface area contributed by atoms with Gasteiger partial charge in [0.05, 0.1) is 23.3 Å². The second-order valence-corrected chi connectivity index (χ2v) is 3.79. The molecule has 0 atom stereocenters. The van der Waals surface area contributed by atoms with Gasteiger partial charge in [-0.05, 0) is 12.5 Å². The van der Waals surface area contributed by atoms with Crippen molar-refractivity contribution in [3.8, 4) is 0 Å². The van der Waals surface area contributed by atoms with Gasteiger partial charge in [-0.2, -0.15) is 0 Å². The summed E-state index contributed by atoms with van der Waals surface area (Å²) in [5, 5.41) is 10.7. The molecule has 0 N–H and O–H groups in total. The third kappa shape index (κ3) is 2.06. The molecule has 1 aromatic carbocycles. The van der Waals surface area contributed by atoms with Crippen LogP contribution < -0.4 is 4.90 Å². The van der Waals surface area contributed by atoms with Crippen molar-refractivity contribution in [3.63, 3.8) is 0 Å². The lowest BCUT2D eigenvalue weighted by molar-refractivity contribution is -0.384.